The van der Waals surface area contributed by atoms with Crippen molar-refractivity contribution in [2.24, 2.45) is 5.92 Å². The maximum Gasteiger partial charge on any atom is 0.220 e. The van der Waals surface area contributed by atoms with Crippen LogP contribution in [0.25, 0.3) is 0 Å². The van der Waals surface area contributed by atoms with Crippen LogP contribution in [0.5, 0.6) is 0 Å². The molecule has 0 fully saturated rings. The highest BCUT2D eigenvalue weighted by Gasteiger charge is 2.05. The number of nitrogens with one attached hydrogen (secondary N) is 1. The monoisotopic (exact) mass is 170 g/mol. The third-order valence-electron chi connectivity index (χ3n) is 2.13. The summed E-state index contributed by atoms with van der Waals surface area (Å²) in [6.45, 7) is 8.41. The smallest absolute Gasteiger partial charge is 0.220 e. The maximum atomic E-state index is 10.5. The molecule has 0 heterocycles. The van der Waals surface area contributed by atoms with E-state index in [0.717, 1.165) is 13.0 Å². The number of carbonyl (C=O) groups is 1. The Balaban J connectivity index is 3.45. The molecule has 0 aromatic carbocycles. The van der Waals surface area contributed by atoms with Crippen molar-refractivity contribution in [1.82, 2.24) is 5.32 Å². The number of rotatable bonds is 6. The SMILES string of the molecule is [CH2]C(=O)NCC(CC)CCCC. The van der Waals surface area contributed by atoms with Crippen molar-refractivity contribution in [3.8, 4) is 0 Å². The molecule has 0 aliphatic heterocycles. The highest BCUT2D eigenvalue weighted by atomic mass is 16.1. The molecule has 1 radical (unpaired) electrons. The molecule has 2 nitrogen and oxygen atoms in total. The first-order chi connectivity index (χ1) is 5.70. The average Bonchev–Trinajstić information content (AvgIpc) is 2.05. The van der Waals surface area contributed by atoms with E-state index in [4.69, 9.17) is 0 Å². The Bertz CT molecular complexity index is 123. The average molecular weight is 170 g/mol. The molecule has 0 aliphatic carbocycles. The lowest BCUT2D eigenvalue weighted by molar-refractivity contribution is -0.116. The van der Waals surface area contributed by atoms with Gasteiger partial charge in [0, 0.05) is 13.5 Å². The molecule has 1 N–H and O–H groups in total. The summed E-state index contributed by atoms with van der Waals surface area (Å²) in [5.41, 5.74) is 0. The fraction of sp³-hybridized carbons (Fsp3) is 0.800. The molecule has 0 aromatic heterocycles. The number of hydrogen-bond donors (Lipinski definition) is 1. The van der Waals surface area contributed by atoms with E-state index in [-0.39, 0.29) is 5.91 Å². The van der Waals surface area contributed by atoms with Gasteiger partial charge in [-0.3, -0.25) is 4.79 Å². The van der Waals surface area contributed by atoms with Crippen LogP contribution in [-0.4, -0.2) is 12.5 Å². The van der Waals surface area contributed by atoms with Crippen LogP contribution in [-0.2, 0) is 4.79 Å². The molecular formula is C10H20NO. The van der Waals surface area contributed by atoms with Crippen molar-refractivity contribution in [3.05, 3.63) is 6.92 Å². The third-order valence-corrected chi connectivity index (χ3v) is 2.13. The summed E-state index contributed by atoms with van der Waals surface area (Å²) in [4.78, 5) is 10.5. The van der Waals surface area contributed by atoms with Crippen molar-refractivity contribution in [1.29, 1.82) is 0 Å². The molecule has 1 amide bonds. The number of unbranched alkanes of at least 4 members (excludes halogenated alkanes) is 1. The van der Waals surface area contributed by atoms with Gasteiger partial charge < -0.3 is 5.32 Å². The first-order valence-corrected chi connectivity index (χ1v) is 4.80. The van der Waals surface area contributed by atoms with Crippen molar-refractivity contribution in [2.45, 2.75) is 39.5 Å². The Morgan fingerprint density at radius 2 is 2.17 bits per heavy atom. The van der Waals surface area contributed by atoms with E-state index >= 15 is 0 Å². The van der Waals surface area contributed by atoms with Gasteiger partial charge in [-0.25, -0.2) is 0 Å². The topological polar surface area (TPSA) is 29.1 Å². The van der Waals surface area contributed by atoms with Gasteiger partial charge in [-0.15, -0.1) is 0 Å². The van der Waals surface area contributed by atoms with E-state index < -0.39 is 0 Å². The summed E-state index contributed by atoms with van der Waals surface area (Å²) in [5.74, 6) is 0.473. The first kappa shape index (κ1) is 11.5. The van der Waals surface area contributed by atoms with Gasteiger partial charge in [0.2, 0.25) is 5.91 Å². The maximum absolute atomic E-state index is 10.5. The Hall–Kier alpha value is -0.530. The minimum Gasteiger partial charge on any atom is -0.356 e. The zero-order chi connectivity index (χ0) is 9.40. The largest absolute Gasteiger partial charge is 0.356 e. The van der Waals surface area contributed by atoms with Gasteiger partial charge in [0.05, 0.1) is 0 Å². The number of amides is 1. The fourth-order valence-corrected chi connectivity index (χ4v) is 1.20. The second-order valence-electron chi connectivity index (χ2n) is 3.22. The summed E-state index contributed by atoms with van der Waals surface area (Å²) in [5, 5.41) is 2.76. The Kier molecular flexibility index (Phi) is 6.82. The lowest BCUT2D eigenvalue weighted by Gasteiger charge is -2.13. The quantitative estimate of drug-likeness (QED) is 0.650. The summed E-state index contributed by atoms with van der Waals surface area (Å²) in [6, 6.07) is 0. The molecule has 0 saturated carbocycles. The molecule has 0 bridgehead atoms. The second-order valence-corrected chi connectivity index (χ2v) is 3.22. The molecule has 2 heteroatoms. The number of hydrogen-bond acceptors (Lipinski definition) is 1. The zero-order valence-electron chi connectivity index (χ0n) is 8.23. The van der Waals surface area contributed by atoms with E-state index in [0.29, 0.717) is 5.92 Å². The van der Waals surface area contributed by atoms with Crippen LogP contribution in [0.4, 0.5) is 0 Å². The van der Waals surface area contributed by atoms with E-state index in [9.17, 15) is 4.79 Å². The number of carbonyl (C=O) groups excluding carboxylic acids is 1. The predicted molar refractivity (Wildman–Crippen MR) is 51.7 cm³/mol. The van der Waals surface area contributed by atoms with Gasteiger partial charge in [0.25, 0.3) is 0 Å². The summed E-state index contributed by atoms with van der Waals surface area (Å²) < 4.78 is 0. The Morgan fingerprint density at radius 3 is 2.58 bits per heavy atom. The van der Waals surface area contributed by atoms with Crippen LogP contribution >= 0.6 is 0 Å². The van der Waals surface area contributed by atoms with Crippen LogP contribution in [0, 0.1) is 12.8 Å². The van der Waals surface area contributed by atoms with E-state index in [2.05, 4.69) is 26.1 Å². The summed E-state index contributed by atoms with van der Waals surface area (Å²) in [7, 11) is 0. The Labute approximate surface area is 75.7 Å². The third kappa shape index (κ3) is 6.20. The first-order valence-electron chi connectivity index (χ1n) is 4.80. The lowest BCUT2D eigenvalue weighted by atomic mass is 9.99. The van der Waals surface area contributed by atoms with Crippen molar-refractivity contribution < 1.29 is 4.79 Å². The normalized spacial score (nSPS) is 12.6. The van der Waals surface area contributed by atoms with Gasteiger partial charge in [0.1, 0.15) is 0 Å². The van der Waals surface area contributed by atoms with Crippen molar-refractivity contribution >= 4 is 5.91 Å². The molecule has 0 saturated heterocycles. The van der Waals surface area contributed by atoms with Gasteiger partial charge in [-0.2, -0.15) is 0 Å². The second kappa shape index (κ2) is 7.14. The Morgan fingerprint density at radius 1 is 1.50 bits per heavy atom. The van der Waals surface area contributed by atoms with Gasteiger partial charge >= 0.3 is 0 Å². The fourth-order valence-electron chi connectivity index (χ4n) is 1.20. The van der Waals surface area contributed by atoms with Crippen molar-refractivity contribution in [2.75, 3.05) is 6.54 Å². The van der Waals surface area contributed by atoms with Crippen LogP contribution < -0.4 is 5.32 Å². The highest BCUT2D eigenvalue weighted by molar-refractivity contribution is 5.79. The van der Waals surface area contributed by atoms with Crippen LogP contribution in [0.3, 0.4) is 0 Å². The summed E-state index contributed by atoms with van der Waals surface area (Å²) in [6.07, 6.45) is 4.84. The predicted octanol–water partition coefficient (Wildman–Crippen LogP) is 2.15. The minimum atomic E-state index is -0.162. The van der Waals surface area contributed by atoms with E-state index in [1.807, 2.05) is 0 Å². The van der Waals surface area contributed by atoms with Crippen molar-refractivity contribution in [3.63, 3.8) is 0 Å². The molecule has 0 aromatic rings. The minimum absolute atomic E-state index is 0.162. The molecule has 1 unspecified atom stereocenters. The zero-order valence-corrected chi connectivity index (χ0v) is 8.23. The van der Waals surface area contributed by atoms with Gasteiger partial charge in [0.15, 0.2) is 0 Å². The van der Waals surface area contributed by atoms with Crippen LogP contribution in [0.2, 0.25) is 0 Å². The molecule has 12 heavy (non-hydrogen) atoms. The highest BCUT2D eigenvalue weighted by Crippen LogP contribution is 2.10. The van der Waals surface area contributed by atoms with Crippen LogP contribution in [0.1, 0.15) is 39.5 Å². The standard InChI is InChI=1S/C10H20NO/c1-4-6-7-10(5-2)8-11-9(3)12/h10H,3-8H2,1-2H3,(H,11,12). The molecule has 0 aliphatic rings. The molecule has 71 valence electrons. The summed E-state index contributed by atoms with van der Waals surface area (Å²) >= 11 is 0. The van der Waals surface area contributed by atoms with E-state index in [1.165, 1.54) is 19.3 Å². The molecule has 0 rings (SSSR count). The van der Waals surface area contributed by atoms with Crippen LogP contribution in [0.15, 0.2) is 0 Å². The molecule has 1 atom stereocenters. The molecular weight excluding hydrogens is 150 g/mol. The van der Waals surface area contributed by atoms with Gasteiger partial charge in [-0.1, -0.05) is 33.1 Å². The molecule has 0 spiro atoms. The van der Waals surface area contributed by atoms with Gasteiger partial charge in [-0.05, 0) is 12.3 Å². The lowest BCUT2D eigenvalue weighted by Crippen LogP contribution is -2.26. The van der Waals surface area contributed by atoms with E-state index in [1.54, 1.807) is 0 Å².